The van der Waals surface area contributed by atoms with E-state index in [0.717, 1.165) is 18.4 Å². The Hall–Kier alpha value is -3.26. The van der Waals surface area contributed by atoms with Crippen LogP contribution >= 0.6 is 11.6 Å². The number of carbonyl (C=O) groups excluding carboxylic acids is 1. The molecule has 0 unspecified atom stereocenters. The van der Waals surface area contributed by atoms with Gasteiger partial charge in [0.2, 0.25) is 12.7 Å². The van der Waals surface area contributed by atoms with Crippen LogP contribution in [-0.2, 0) is 6.42 Å². The van der Waals surface area contributed by atoms with Gasteiger partial charge in [-0.15, -0.1) is 0 Å². The van der Waals surface area contributed by atoms with E-state index in [2.05, 4.69) is 27.5 Å². The number of ether oxygens (including phenoxy) is 2. The van der Waals surface area contributed by atoms with Crippen LogP contribution in [0.4, 0.5) is 16.4 Å². The second-order valence-corrected chi connectivity index (χ2v) is 7.36. The summed E-state index contributed by atoms with van der Waals surface area (Å²) in [5, 5.41) is 6.59. The lowest BCUT2D eigenvalue weighted by molar-refractivity contribution is 0.174. The van der Waals surface area contributed by atoms with Gasteiger partial charge in [0.1, 0.15) is 0 Å². The van der Waals surface area contributed by atoms with E-state index in [4.69, 9.17) is 26.8 Å². The van der Waals surface area contributed by atoms with Gasteiger partial charge in [-0.3, -0.25) is 5.32 Å². The minimum Gasteiger partial charge on any atom is -0.454 e. The molecule has 0 fully saturated rings. The standard InChI is InChI=1S/C21H22ClN5O3/c1-2-3-8-24-21(28)27-20-25-14-6-5-13(22)19(23)18(14)15(26-20)9-12-4-7-16-17(10-12)30-11-29-16/h4-7,10H,2-3,8-9,11,23H2,1H3,(H2,24,25,26,27,28). The number of unbranched alkanes of at least 4 members (excludes halogenated alkanes) is 1. The van der Waals surface area contributed by atoms with Crippen LogP contribution in [0.3, 0.4) is 0 Å². The van der Waals surface area contributed by atoms with Gasteiger partial charge >= 0.3 is 6.03 Å². The summed E-state index contributed by atoms with van der Waals surface area (Å²) in [6.07, 6.45) is 2.34. The minimum atomic E-state index is -0.348. The van der Waals surface area contributed by atoms with E-state index < -0.39 is 0 Å². The number of hydrogen-bond donors (Lipinski definition) is 3. The summed E-state index contributed by atoms with van der Waals surface area (Å²) in [4.78, 5) is 21.2. The van der Waals surface area contributed by atoms with Crippen molar-refractivity contribution in [1.29, 1.82) is 0 Å². The van der Waals surface area contributed by atoms with Gasteiger partial charge in [0.05, 0.1) is 21.9 Å². The monoisotopic (exact) mass is 427 g/mol. The number of nitrogens with two attached hydrogens (primary N) is 1. The molecule has 2 heterocycles. The predicted molar refractivity (Wildman–Crippen MR) is 116 cm³/mol. The van der Waals surface area contributed by atoms with Gasteiger partial charge in [-0.25, -0.2) is 14.8 Å². The first-order valence-electron chi connectivity index (χ1n) is 9.73. The predicted octanol–water partition coefficient (Wildman–Crippen LogP) is 4.11. The molecule has 9 heteroatoms. The molecule has 0 saturated carbocycles. The number of halogens is 1. The quantitative estimate of drug-likeness (QED) is 0.403. The molecule has 0 aliphatic carbocycles. The summed E-state index contributed by atoms with van der Waals surface area (Å²) in [5.41, 5.74) is 8.86. The molecule has 2 amide bonds. The molecule has 1 aromatic heterocycles. The molecule has 0 spiro atoms. The Morgan fingerprint density at radius 1 is 1.20 bits per heavy atom. The fourth-order valence-corrected chi connectivity index (χ4v) is 3.41. The van der Waals surface area contributed by atoms with Crippen molar-refractivity contribution in [2.24, 2.45) is 0 Å². The lowest BCUT2D eigenvalue weighted by Gasteiger charge is -2.13. The Morgan fingerprint density at radius 3 is 2.87 bits per heavy atom. The number of fused-ring (bicyclic) bond motifs is 2. The molecule has 3 aromatic rings. The third-order valence-electron chi connectivity index (χ3n) is 4.78. The van der Waals surface area contributed by atoms with E-state index in [0.29, 0.717) is 51.8 Å². The van der Waals surface area contributed by atoms with Crippen LogP contribution in [0.1, 0.15) is 31.0 Å². The number of carbonyl (C=O) groups is 1. The highest BCUT2D eigenvalue weighted by Crippen LogP contribution is 2.35. The molecular weight excluding hydrogens is 406 g/mol. The van der Waals surface area contributed by atoms with Crippen molar-refractivity contribution in [1.82, 2.24) is 15.3 Å². The highest BCUT2D eigenvalue weighted by atomic mass is 35.5. The van der Waals surface area contributed by atoms with Crippen LogP contribution in [-0.4, -0.2) is 29.3 Å². The third-order valence-corrected chi connectivity index (χ3v) is 5.11. The zero-order valence-corrected chi connectivity index (χ0v) is 17.3. The number of nitrogen functional groups attached to an aromatic ring is 1. The molecular formula is C21H22ClN5O3. The van der Waals surface area contributed by atoms with Gasteiger partial charge in [0, 0.05) is 18.4 Å². The van der Waals surface area contributed by atoms with E-state index in [-0.39, 0.29) is 18.8 Å². The van der Waals surface area contributed by atoms with E-state index in [1.165, 1.54) is 0 Å². The van der Waals surface area contributed by atoms with E-state index >= 15 is 0 Å². The van der Waals surface area contributed by atoms with Crippen molar-refractivity contribution in [3.63, 3.8) is 0 Å². The van der Waals surface area contributed by atoms with Crippen molar-refractivity contribution in [2.45, 2.75) is 26.2 Å². The first kappa shape index (κ1) is 20.0. The van der Waals surface area contributed by atoms with Crippen LogP contribution in [0.2, 0.25) is 5.02 Å². The van der Waals surface area contributed by atoms with Gasteiger partial charge in [0.15, 0.2) is 11.5 Å². The molecule has 0 radical (unpaired) electrons. The summed E-state index contributed by atoms with van der Waals surface area (Å²) >= 11 is 6.24. The Bertz CT molecular complexity index is 1110. The second kappa shape index (κ2) is 8.62. The number of amides is 2. The smallest absolute Gasteiger partial charge is 0.321 e. The van der Waals surface area contributed by atoms with Crippen molar-refractivity contribution in [3.8, 4) is 11.5 Å². The summed E-state index contributed by atoms with van der Waals surface area (Å²) in [5.74, 6) is 1.60. The van der Waals surface area contributed by atoms with Crippen molar-refractivity contribution in [3.05, 3.63) is 46.6 Å². The molecule has 4 N–H and O–H groups in total. The molecule has 30 heavy (non-hydrogen) atoms. The number of nitrogens with one attached hydrogen (secondary N) is 2. The van der Waals surface area contributed by atoms with Crippen LogP contribution < -0.4 is 25.8 Å². The molecule has 156 valence electrons. The lowest BCUT2D eigenvalue weighted by atomic mass is 10.0. The van der Waals surface area contributed by atoms with Crippen molar-refractivity contribution >= 4 is 40.2 Å². The first-order valence-corrected chi connectivity index (χ1v) is 10.1. The van der Waals surface area contributed by atoms with Gasteiger partial charge in [-0.1, -0.05) is 31.0 Å². The molecule has 8 nitrogen and oxygen atoms in total. The summed E-state index contributed by atoms with van der Waals surface area (Å²) in [6, 6.07) is 8.80. The fraction of sp³-hybridized carbons (Fsp3) is 0.286. The molecule has 0 atom stereocenters. The normalized spacial score (nSPS) is 12.2. The summed E-state index contributed by atoms with van der Waals surface area (Å²) in [7, 11) is 0. The number of aromatic nitrogens is 2. The average molecular weight is 428 g/mol. The van der Waals surface area contributed by atoms with Crippen LogP contribution in [0, 0.1) is 0 Å². The van der Waals surface area contributed by atoms with E-state index in [9.17, 15) is 4.79 Å². The second-order valence-electron chi connectivity index (χ2n) is 6.95. The average Bonchev–Trinajstić information content (AvgIpc) is 3.19. The molecule has 4 rings (SSSR count). The minimum absolute atomic E-state index is 0.203. The molecule has 1 aliphatic rings. The third kappa shape index (κ3) is 4.18. The largest absolute Gasteiger partial charge is 0.454 e. The first-order chi connectivity index (χ1) is 14.5. The highest BCUT2D eigenvalue weighted by Gasteiger charge is 2.17. The topological polar surface area (TPSA) is 111 Å². The number of hydrogen-bond acceptors (Lipinski definition) is 6. The van der Waals surface area contributed by atoms with Gasteiger partial charge in [-0.05, 0) is 36.2 Å². The number of rotatable bonds is 6. The summed E-state index contributed by atoms with van der Waals surface area (Å²) < 4.78 is 10.8. The number of anilines is 2. The number of benzene rings is 2. The molecule has 0 saturated heterocycles. The Kier molecular flexibility index (Phi) is 5.76. The number of urea groups is 1. The van der Waals surface area contributed by atoms with E-state index in [1.807, 2.05) is 18.2 Å². The maximum absolute atomic E-state index is 12.2. The Labute approximate surface area is 178 Å². The maximum atomic E-state index is 12.2. The van der Waals surface area contributed by atoms with Crippen LogP contribution in [0.15, 0.2) is 30.3 Å². The van der Waals surface area contributed by atoms with Crippen molar-refractivity contribution < 1.29 is 14.3 Å². The van der Waals surface area contributed by atoms with Crippen LogP contribution in [0.25, 0.3) is 10.9 Å². The van der Waals surface area contributed by atoms with Crippen LogP contribution in [0.5, 0.6) is 11.5 Å². The van der Waals surface area contributed by atoms with Gasteiger partial charge < -0.3 is 20.5 Å². The van der Waals surface area contributed by atoms with Gasteiger partial charge in [-0.2, -0.15) is 0 Å². The molecule has 0 bridgehead atoms. The maximum Gasteiger partial charge on any atom is 0.321 e. The fourth-order valence-electron chi connectivity index (χ4n) is 3.25. The summed E-state index contributed by atoms with van der Waals surface area (Å²) in [6.45, 7) is 2.85. The lowest BCUT2D eigenvalue weighted by Crippen LogP contribution is -2.30. The Balaban J connectivity index is 1.68. The van der Waals surface area contributed by atoms with Gasteiger partial charge in [0.25, 0.3) is 0 Å². The zero-order chi connectivity index (χ0) is 21.1. The molecule has 1 aliphatic heterocycles. The number of nitrogens with zero attached hydrogens (tertiary/aromatic N) is 2. The van der Waals surface area contributed by atoms with Crippen molar-refractivity contribution in [2.75, 3.05) is 24.4 Å². The Morgan fingerprint density at radius 2 is 2.03 bits per heavy atom. The van der Waals surface area contributed by atoms with E-state index in [1.54, 1.807) is 12.1 Å². The highest BCUT2D eigenvalue weighted by molar-refractivity contribution is 6.34. The zero-order valence-electron chi connectivity index (χ0n) is 16.5. The molecule has 2 aromatic carbocycles. The SMILES string of the molecule is CCCCNC(=O)Nc1nc(Cc2ccc3c(c2)OCO3)c2c(N)c(Cl)ccc2n1.